The lowest BCUT2D eigenvalue weighted by atomic mass is 9.95. The largest absolute Gasteiger partial charge is 0.314 e. The van der Waals surface area contributed by atoms with E-state index in [1.54, 1.807) is 0 Å². The van der Waals surface area contributed by atoms with Crippen LogP contribution in [0.5, 0.6) is 0 Å². The van der Waals surface area contributed by atoms with Gasteiger partial charge in [0.15, 0.2) is 11.6 Å². The normalized spacial score (nSPS) is 18.2. The topological polar surface area (TPSA) is 15.3 Å². The first-order valence-corrected chi connectivity index (χ1v) is 7.58. The van der Waals surface area contributed by atoms with E-state index < -0.39 is 17.5 Å². The monoisotopic (exact) mass is 300 g/mol. The van der Waals surface area contributed by atoms with Crippen LogP contribution in [0, 0.1) is 23.4 Å². The number of hydrogen-bond donors (Lipinski definition) is 1. The van der Waals surface area contributed by atoms with Crippen molar-refractivity contribution in [1.82, 2.24) is 10.2 Å². The summed E-state index contributed by atoms with van der Waals surface area (Å²) in [6, 6.07) is 1.49. The molecule has 21 heavy (non-hydrogen) atoms. The van der Waals surface area contributed by atoms with Crippen LogP contribution in [-0.4, -0.2) is 31.1 Å². The molecule has 2 rings (SSSR count). The lowest BCUT2D eigenvalue weighted by Crippen LogP contribution is -2.45. The molecule has 2 nitrogen and oxygen atoms in total. The molecule has 1 fully saturated rings. The highest BCUT2D eigenvalue weighted by Crippen LogP contribution is 2.31. The number of hydrogen-bond acceptors (Lipinski definition) is 2. The number of nitrogens with one attached hydrogen (secondary N) is 1. The second-order valence-electron chi connectivity index (χ2n) is 6.06. The van der Waals surface area contributed by atoms with E-state index in [-0.39, 0.29) is 11.6 Å². The van der Waals surface area contributed by atoms with Gasteiger partial charge < -0.3 is 5.32 Å². The number of nitrogens with zero attached hydrogens (tertiary/aromatic N) is 1. The van der Waals surface area contributed by atoms with Gasteiger partial charge in [-0.25, -0.2) is 13.2 Å². The van der Waals surface area contributed by atoms with Crippen molar-refractivity contribution in [1.29, 1.82) is 0 Å². The summed E-state index contributed by atoms with van der Waals surface area (Å²) in [5, 5.41) is 3.24. The smallest absolute Gasteiger partial charge is 0.163 e. The summed E-state index contributed by atoms with van der Waals surface area (Å²) in [7, 11) is 0. The molecule has 0 radical (unpaired) electrons. The Balaban J connectivity index is 2.29. The van der Waals surface area contributed by atoms with Crippen LogP contribution < -0.4 is 5.32 Å². The van der Waals surface area contributed by atoms with E-state index in [0.717, 1.165) is 38.7 Å². The van der Waals surface area contributed by atoms with Gasteiger partial charge in [-0.2, -0.15) is 0 Å². The molecule has 0 amide bonds. The molecule has 0 saturated carbocycles. The minimum atomic E-state index is -1.10. The van der Waals surface area contributed by atoms with Crippen LogP contribution in [0.3, 0.4) is 0 Å². The zero-order chi connectivity index (χ0) is 15.4. The fourth-order valence-corrected chi connectivity index (χ4v) is 2.84. The highest BCUT2D eigenvalue weighted by Gasteiger charge is 2.26. The van der Waals surface area contributed by atoms with Crippen molar-refractivity contribution in [2.75, 3.05) is 26.2 Å². The quantitative estimate of drug-likeness (QED) is 0.838. The van der Waals surface area contributed by atoms with Crippen molar-refractivity contribution in [2.24, 2.45) is 5.92 Å². The lowest BCUT2D eigenvalue weighted by Gasteiger charge is -2.35. The van der Waals surface area contributed by atoms with Gasteiger partial charge in [-0.3, -0.25) is 4.90 Å². The zero-order valence-electron chi connectivity index (χ0n) is 12.6. The molecule has 0 aliphatic carbocycles. The molecular weight excluding hydrogens is 277 g/mol. The third-order valence-corrected chi connectivity index (χ3v) is 3.99. The van der Waals surface area contributed by atoms with E-state index in [2.05, 4.69) is 24.1 Å². The third-order valence-electron chi connectivity index (χ3n) is 3.99. The van der Waals surface area contributed by atoms with Gasteiger partial charge in [0.05, 0.1) is 0 Å². The Bertz CT molecular complexity index is 471. The summed E-state index contributed by atoms with van der Waals surface area (Å²) < 4.78 is 41.1. The molecule has 1 aromatic rings. The van der Waals surface area contributed by atoms with Crippen LogP contribution in [0.15, 0.2) is 12.1 Å². The van der Waals surface area contributed by atoms with Gasteiger partial charge in [0, 0.05) is 43.9 Å². The second-order valence-corrected chi connectivity index (χ2v) is 6.06. The van der Waals surface area contributed by atoms with Crippen molar-refractivity contribution >= 4 is 0 Å². The molecule has 0 aromatic heterocycles. The van der Waals surface area contributed by atoms with Crippen LogP contribution in [0.4, 0.5) is 13.2 Å². The molecule has 0 unspecified atom stereocenters. The van der Waals surface area contributed by atoms with Crippen LogP contribution in [0.1, 0.15) is 38.3 Å². The molecule has 1 heterocycles. The summed E-state index contributed by atoms with van der Waals surface area (Å²) in [4.78, 5) is 2.12. The van der Waals surface area contributed by atoms with Crippen LogP contribution in [-0.2, 0) is 0 Å². The molecule has 0 spiro atoms. The van der Waals surface area contributed by atoms with Crippen LogP contribution >= 0.6 is 0 Å². The first kappa shape index (κ1) is 16.3. The summed E-state index contributed by atoms with van der Waals surface area (Å²) in [6.45, 7) is 7.35. The van der Waals surface area contributed by atoms with Gasteiger partial charge in [0.2, 0.25) is 0 Å². The predicted octanol–water partition coefficient (Wildman–Crippen LogP) is 3.49. The van der Waals surface area contributed by atoms with E-state index in [9.17, 15) is 13.2 Å². The van der Waals surface area contributed by atoms with Crippen molar-refractivity contribution in [3.63, 3.8) is 0 Å². The SMILES string of the molecule is CC(C)CC[C@H](c1cc(F)cc(F)c1F)N1CCNCC1. The van der Waals surface area contributed by atoms with Crippen molar-refractivity contribution in [3.8, 4) is 0 Å². The summed E-state index contributed by atoms with van der Waals surface area (Å²) >= 11 is 0. The second kappa shape index (κ2) is 7.27. The minimum Gasteiger partial charge on any atom is -0.314 e. The summed E-state index contributed by atoms with van der Waals surface area (Å²) in [5.41, 5.74) is 0.148. The van der Waals surface area contributed by atoms with Gasteiger partial charge in [-0.05, 0) is 24.8 Å². The van der Waals surface area contributed by atoms with Gasteiger partial charge in [0.1, 0.15) is 5.82 Å². The summed E-state index contributed by atoms with van der Waals surface area (Å²) in [6.07, 6.45) is 1.60. The maximum absolute atomic E-state index is 14.1. The summed E-state index contributed by atoms with van der Waals surface area (Å²) in [5.74, 6) is -2.26. The van der Waals surface area contributed by atoms with E-state index in [0.29, 0.717) is 18.4 Å². The molecule has 118 valence electrons. The third kappa shape index (κ3) is 4.20. The first-order valence-electron chi connectivity index (χ1n) is 7.58. The molecule has 1 aliphatic heterocycles. The fraction of sp³-hybridized carbons (Fsp3) is 0.625. The molecular formula is C16H23F3N2. The van der Waals surface area contributed by atoms with Crippen LogP contribution in [0.25, 0.3) is 0 Å². The Morgan fingerprint density at radius 2 is 1.76 bits per heavy atom. The van der Waals surface area contributed by atoms with E-state index in [1.165, 1.54) is 0 Å². The Morgan fingerprint density at radius 3 is 2.38 bits per heavy atom. The Morgan fingerprint density at radius 1 is 1.10 bits per heavy atom. The number of benzene rings is 1. The zero-order valence-corrected chi connectivity index (χ0v) is 12.6. The van der Waals surface area contributed by atoms with Crippen LogP contribution in [0.2, 0.25) is 0 Å². The molecule has 5 heteroatoms. The maximum Gasteiger partial charge on any atom is 0.163 e. The highest BCUT2D eigenvalue weighted by molar-refractivity contribution is 5.24. The number of piperazine rings is 1. The Kier molecular flexibility index (Phi) is 5.65. The molecule has 1 atom stereocenters. The average Bonchev–Trinajstić information content (AvgIpc) is 2.45. The van der Waals surface area contributed by atoms with Gasteiger partial charge >= 0.3 is 0 Å². The number of halogens is 3. The van der Waals surface area contributed by atoms with Gasteiger partial charge in [-0.1, -0.05) is 13.8 Å². The van der Waals surface area contributed by atoms with Crippen molar-refractivity contribution in [3.05, 3.63) is 35.1 Å². The molecule has 1 N–H and O–H groups in total. The molecule has 0 bridgehead atoms. The molecule has 1 aliphatic rings. The highest BCUT2D eigenvalue weighted by atomic mass is 19.2. The van der Waals surface area contributed by atoms with Crippen molar-refractivity contribution in [2.45, 2.75) is 32.7 Å². The van der Waals surface area contributed by atoms with E-state index >= 15 is 0 Å². The fourth-order valence-electron chi connectivity index (χ4n) is 2.84. The first-order chi connectivity index (χ1) is 9.99. The number of rotatable bonds is 5. The Hall–Kier alpha value is -1.07. The van der Waals surface area contributed by atoms with E-state index in [1.807, 2.05) is 0 Å². The average molecular weight is 300 g/mol. The lowest BCUT2D eigenvalue weighted by molar-refractivity contribution is 0.155. The van der Waals surface area contributed by atoms with Gasteiger partial charge in [0.25, 0.3) is 0 Å². The van der Waals surface area contributed by atoms with Gasteiger partial charge in [-0.15, -0.1) is 0 Å². The van der Waals surface area contributed by atoms with Crippen molar-refractivity contribution < 1.29 is 13.2 Å². The Labute approximate surface area is 124 Å². The minimum absolute atomic E-state index is 0.148. The predicted molar refractivity (Wildman–Crippen MR) is 77.6 cm³/mol. The molecule has 1 aromatic carbocycles. The standard InChI is InChI=1S/C16H23F3N2/c1-11(2)3-4-15(21-7-5-20-6-8-21)13-9-12(17)10-14(18)16(13)19/h9-11,15,20H,3-8H2,1-2H3/t15-/m1/s1. The maximum atomic E-state index is 14.1. The van der Waals surface area contributed by atoms with E-state index in [4.69, 9.17) is 0 Å². The molecule has 1 saturated heterocycles.